The number of nitrogens with zero attached hydrogens (tertiary/aromatic N) is 4. The van der Waals surface area contributed by atoms with Gasteiger partial charge in [0.05, 0.1) is 31.0 Å². The maximum atomic E-state index is 15.6. The van der Waals surface area contributed by atoms with E-state index < -0.39 is 5.82 Å². The molecular weight excluding hydrogens is 447 g/mol. The zero-order valence-electron chi connectivity index (χ0n) is 19.8. The molecule has 0 atom stereocenters. The number of ether oxygens (including phenoxy) is 2. The van der Waals surface area contributed by atoms with Gasteiger partial charge in [-0.05, 0) is 44.0 Å². The third-order valence-electron chi connectivity index (χ3n) is 6.74. The van der Waals surface area contributed by atoms with Crippen molar-refractivity contribution in [2.75, 3.05) is 14.2 Å². The van der Waals surface area contributed by atoms with E-state index in [1.54, 1.807) is 13.1 Å². The van der Waals surface area contributed by atoms with E-state index in [2.05, 4.69) is 32.7 Å². The number of aromatic nitrogens is 4. The maximum absolute atomic E-state index is 15.6. The van der Waals surface area contributed by atoms with Crippen molar-refractivity contribution in [3.63, 3.8) is 0 Å². The lowest BCUT2D eigenvalue weighted by molar-refractivity contribution is 0.335. The second-order valence-electron chi connectivity index (χ2n) is 8.56. The van der Waals surface area contributed by atoms with Crippen molar-refractivity contribution in [2.45, 2.75) is 26.8 Å². The number of hydrogen-bond donors (Lipinski definition) is 0. The predicted octanol–water partition coefficient (Wildman–Crippen LogP) is 5.75. The van der Waals surface area contributed by atoms with Crippen LogP contribution in [0.4, 0.5) is 4.39 Å². The van der Waals surface area contributed by atoms with E-state index in [-0.39, 0.29) is 5.75 Å². The molecule has 0 radical (unpaired) electrons. The number of halogens is 1. The smallest absolute Gasteiger partial charge is 0.260 e. The maximum Gasteiger partial charge on any atom is 0.260 e. The number of fused-ring (bicyclic) bond motifs is 4. The van der Waals surface area contributed by atoms with Crippen LogP contribution in [0.3, 0.4) is 0 Å². The summed E-state index contributed by atoms with van der Waals surface area (Å²) in [6, 6.07) is 11.8. The zero-order valence-corrected chi connectivity index (χ0v) is 19.8. The van der Waals surface area contributed by atoms with E-state index in [1.165, 1.54) is 14.2 Å². The second-order valence-corrected chi connectivity index (χ2v) is 8.56. The summed E-state index contributed by atoms with van der Waals surface area (Å²) in [5.74, 6) is 0.949. The van der Waals surface area contributed by atoms with Gasteiger partial charge in [0.1, 0.15) is 0 Å². The Morgan fingerprint density at radius 3 is 2.60 bits per heavy atom. The first-order chi connectivity index (χ1) is 17.0. The number of benzene rings is 2. The lowest BCUT2D eigenvalue weighted by Gasteiger charge is -2.24. The third kappa shape index (κ3) is 3.06. The van der Waals surface area contributed by atoms with Crippen LogP contribution in [-0.4, -0.2) is 33.9 Å². The molecule has 6 rings (SSSR count). The monoisotopic (exact) mass is 470 g/mol. The molecule has 0 N–H and O–H groups in total. The van der Waals surface area contributed by atoms with Crippen LogP contribution in [0.5, 0.6) is 11.5 Å². The average molecular weight is 471 g/mol. The predicted molar refractivity (Wildman–Crippen MR) is 130 cm³/mol. The molecule has 5 aromatic rings. The molecule has 0 bridgehead atoms. The highest BCUT2D eigenvalue weighted by atomic mass is 19.1. The van der Waals surface area contributed by atoms with Crippen molar-refractivity contribution < 1.29 is 18.4 Å². The molecule has 1 aliphatic heterocycles. The highest BCUT2D eigenvalue weighted by molar-refractivity contribution is 6.03. The number of hydrogen-bond acceptors (Lipinski definition) is 6. The molecule has 0 unspecified atom stereocenters. The quantitative estimate of drug-likeness (QED) is 0.333. The van der Waals surface area contributed by atoms with Crippen LogP contribution in [0.2, 0.25) is 0 Å². The normalized spacial score (nSPS) is 12.5. The van der Waals surface area contributed by atoms with Crippen molar-refractivity contribution in [3.8, 4) is 45.3 Å². The van der Waals surface area contributed by atoms with Crippen LogP contribution in [0.15, 0.2) is 47.1 Å². The summed E-state index contributed by atoms with van der Waals surface area (Å²) in [4.78, 5) is 9.12. The van der Waals surface area contributed by atoms with Gasteiger partial charge in [-0.1, -0.05) is 23.4 Å². The molecule has 7 nitrogen and oxygen atoms in total. The van der Waals surface area contributed by atoms with Gasteiger partial charge in [0.15, 0.2) is 23.1 Å². The number of para-hydroxylation sites is 1. The SMILES string of the molecule is COc1cc2c(c(F)c1OC)CCn1c(C)c(-c3ccnc4ccccc34)c(-c3nc(C)no3)c1-2. The summed E-state index contributed by atoms with van der Waals surface area (Å²) in [7, 11) is 2.95. The standard InChI is InChI=1S/C27H23FN4O3/c1-14-22(17-9-11-29-20-8-6-5-7-16(17)20)23(27-30-15(2)31-35-27)25-19-13-21(33-3)26(34-4)24(28)18(19)10-12-32(14)25/h5-9,11,13H,10,12H2,1-4H3. The summed E-state index contributed by atoms with van der Waals surface area (Å²) in [6.07, 6.45) is 2.32. The fourth-order valence-corrected chi connectivity index (χ4v) is 5.22. The minimum atomic E-state index is -0.407. The molecule has 2 aromatic carbocycles. The molecule has 0 aliphatic carbocycles. The molecule has 0 saturated heterocycles. The molecule has 4 heterocycles. The van der Waals surface area contributed by atoms with E-state index >= 15 is 4.39 Å². The van der Waals surface area contributed by atoms with Crippen LogP contribution in [0, 0.1) is 19.7 Å². The molecule has 8 heteroatoms. The minimum absolute atomic E-state index is 0.110. The van der Waals surface area contributed by atoms with Gasteiger partial charge in [-0.15, -0.1) is 0 Å². The topological polar surface area (TPSA) is 75.2 Å². The van der Waals surface area contributed by atoms with Gasteiger partial charge in [-0.25, -0.2) is 4.39 Å². The first kappa shape index (κ1) is 21.3. The molecule has 3 aromatic heterocycles. The van der Waals surface area contributed by atoms with Crippen LogP contribution in [0.25, 0.3) is 44.7 Å². The van der Waals surface area contributed by atoms with Gasteiger partial charge >= 0.3 is 0 Å². The summed E-state index contributed by atoms with van der Waals surface area (Å²) in [5.41, 5.74) is 6.78. The van der Waals surface area contributed by atoms with Crippen molar-refractivity contribution in [1.29, 1.82) is 0 Å². The number of methoxy groups -OCH3 is 2. The van der Waals surface area contributed by atoms with Gasteiger partial charge in [0, 0.05) is 40.5 Å². The van der Waals surface area contributed by atoms with E-state index in [1.807, 2.05) is 30.3 Å². The summed E-state index contributed by atoms with van der Waals surface area (Å²) in [6.45, 7) is 4.46. The van der Waals surface area contributed by atoms with E-state index in [4.69, 9.17) is 14.0 Å². The Bertz CT molecular complexity index is 1610. The molecule has 0 fully saturated rings. The van der Waals surface area contributed by atoms with Crippen LogP contribution in [0.1, 0.15) is 17.1 Å². The van der Waals surface area contributed by atoms with Gasteiger partial charge in [-0.3, -0.25) is 4.98 Å². The Labute approximate surface area is 201 Å². The molecular formula is C27H23FN4O3. The molecule has 0 amide bonds. The van der Waals surface area contributed by atoms with Crippen LogP contribution in [-0.2, 0) is 13.0 Å². The first-order valence-electron chi connectivity index (χ1n) is 11.3. The van der Waals surface area contributed by atoms with E-state index in [9.17, 15) is 0 Å². The number of aryl methyl sites for hydroxylation is 1. The first-order valence-corrected chi connectivity index (χ1v) is 11.3. The fraction of sp³-hybridized carbons (Fsp3) is 0.222. The molecule has 176 valence electrons. The lowest BCUT2D eigenvalue weighted by Crippen LogP contribution is -2.14. The third-order valence-corrected chi connectivity index (χ3v) is 6.74. The van der Waals surface area contributed by atoms with Gasteiger partial charge < -0.3 is 18.6 Å². The second kappa shape index (κ2) is 7.94. The van der Waals surface area contributed by atoms with Gasteiger partial charge in [0.25, 0.3) is 5.89 Å². The summed E-state index contributed by atoms with van der Waals surface area (Å²) in [5, 5.41) is 5.07. The number of rotatable bonds is 4. The van der Waals surface area contributed by atoms with Crippen molar-refractivity contribution >= 4 is 10.9 Å². The molecule has 35 heavy (non-hydrogen) atoms. The van der Waals surface area contributed by atoms with Crippen LogP contribution < -0.4 is 9.47 Å². The van der Waals surface area contributed by atoms with Gasteiger partial charge in [-0.2, -0.15) is 4.98 Å². The molecule has 0 saturated carbocycles. The Kier molecular flexibility index (Phi) is 4.84. The summed E-state index contributed by atoms with van der Waals surface area (Å²) < 4.78 is 34.3. The number of pyridine rings is 1. The highest BCUT2D eigenvalue weighted by Crippen LogP contribution is 2.50. The van der Waals surface area contributed by atoms with Crippen molar-refractivity contribution in [3.05, 3.63) is 65.5 Å². The van der Waals surface area contributed by atoms with E-state index in [0.717, 1.165) is 44.5 Å². The fourth-order valence-electron chi connectivity index (χ4n) is 5.22. The van der Waals surface area contributed by atoms with Crippen LogP contribution >= 0.6 is 0 Å². The minimum Gasteiger partial charge on any atom is -0.493 e. The Morgan fingerprint density at radius 1 is 1.03 bits per heavy atom. The Hall–Kier alpha value is -4.20. The van der Waals surface area contributed by atoms with Crippen molar-refractivity contribution in [2.24, 2.45) is 0 Å². The zero-order chi connectivity index (χ0) is 24.3. The Balaban J connectivity index is 1.75. The molecule has 1 aliphatic rings. The molecule has 0 spiro atoms. The largest absolute Gasteiger partial charge is 0.493 e. The summed E-state index contributed by atoms with van der Waals surface area (Å²) >= 11 is 0. The van der Waals surface area contributed by atoms with E-state index in [0.29, 0.717) is 36.0 Å². The van der Waals surface area contributed by atoms with Crippen molar-refractivity contribution in [1.82, 2.24) is 19.7 Å². The lowest BCUT2D eigenvalue weighted by atomic mass is 9.92. The van der Waals surface area contributed by atoms with Gasteiger partial charge in [0.2, 0.25) is 0 Å². The highest BCUT2D eigenvalue weighted by Gasteiger charge is 2.34. The average Bonchev–Trinajstić information content (AvgIpc) is 3.44. The Morgan fingerprint density at radius 2 is 1.86 bits per heavy atom.